The lowest BCUT2D eigenvalue weighted by Crippen LogP contribution is -2.26. The summed E-state index contributed by atoms with van der Waals surface area (Å²) in [6.07, 6.45) is 1.62. The highest BCUT2D eigenvalue weighted by Gasteiger charge is 2.17. The molecule has 2 aromatic carbocycles. The van der Waals surface area contributed by atoms with Crippen molar-refractivity contribution in [2.75, 3.05) is 14.2 Å². The largest absolute Gasteiger partial charge is 0.494 e. The second kappa shape index (κ2) is 7.07. The van der Waals surface area contributed by atoms with E-state index < -0.39 is 5.82 Å². The van der Waals surface area contributed by atoms with Gasteiger partial charge in [-0.15, -0.1) is 0 Å². The lowest BCUT2D eigenvalue weighted by molar-refractivity contribution is 0.0786. The number of nitrogens with zero attached hydrogens (tertiary/aromatic N) is 2. The highest BCUT2D eigenvalue weighted by Crippen LogP contribution is 2.26. The summed E-state index contributed by atoms with van der Waals surface area (Å²) in [5.41, 5.74) is 1.67. The van der Waals surface area contributed by atoms with Gasteiger partial charge in [0, 0.05) is 25.2 Å². The van der Waals surface area contributed by atoms with Crippen LogP contribution < -0.4 is 4.74 Å². The average molecular weight is 359 g/mol. The van der Waals surface area contributed by atoms with Crippen LogP contribution >= 0.6 is 11.6 Å². The maximum atomic E-state index is 13.8. The van der Waals surface area contributed by atoms with E-state index in [-0.39, 0.29) is 18.2 Å². The smallest absolute Gasteiger partial charge is 0.256 e. The predicted molar refractivity (Wildman–Crippen MR) is 95.5 cm³/mol. The van der Waals surface area contributed by atoms with E-state index >= 15 is 0 Å². The van der Waals surface area contributed by atoms with Gasteiger partial charge >= 0.3 is 0 Å². The van der Waals surface area contributed by atoms with Gasteiger partial charge in [0.2, 0.25) is 0 Å². The molecule has 4 nitrogen and oxygen atoms in total. The lowest BCUT2D eigenvalue weighted by Gasteiger charge is -2.18. The maximum Gasteiger partial charge on any atom is 0.256 e. The standard InChI is InChI=1S/C19H16ClFN2O2/c1-23(11-12-5-8-17(25-2)16(21)10-12)19(24)14-6-7-15(20)13-4-3-9-22-18(13)14/h3-10H,11H2,1-2H3. The number of hydrogen-bond acceptors (Lipinski definition) is 3. The van der Waals surface area contributed by atoms with Gasteiger partial charge in [-0.1, -0.05) is 17.7 Å². The molecule has 0 saturated carbocycles. The minimum Gasteiger partial charge on any atom is -0.494 e. The molecule has 1 amide bonds. The Hall–Kier alpha value is -2.66. The molecule has 0 saturated heterocycles. The zero-order valence-corrected chi connectivity index (χ0v) is 14.5. The molecule has 0 bridgehead atoms. The fraction of sp³-hybridized carbons (Fsp3) is 0.158. The van der Waals surface area contributed by atoms with Crippen LogP contribution in [0.3, 0.4) is 0 Å². The molecular weight excluding hydrogens is 343 g/mol. The molecule has 0 aliphatic rings. The van der Waals surface area contributed by atoms with E-state index in [0.717, 1.165) is 5.39 Å². The van der Waals surface area contributed by atoms with E-state index in [9.17, 15) is 9.18 Å². The van der Waals surface area contributed by atoms with Crippen molar-refractivity contribution in [2.45, 2.75) is 6.54 Å². The Balaban J connectivity index is 1.88. The van der Waals surface area contributed by atoms with Crippen LogP contribution in [-0.2, 0) is 6.54 Å². The Morgan fingerprint density at radius 1 is 1.28 bits per heavy atom. The molecule has 0 aliphatic heterocycles. The van der Waals surface area contributed by atoms with Crippen molar-refractivity contribution < 1.29 is 13.9 Å². The van der Waals surface area contributed by atoms with Gasteiger partial charge in [-0.05, 0) is 42.0 Å². The third kappa shape index (κ3) is 3.42. The van der Waals surface area contributed by atoms with Crippen LogP contribution in [0.15, 0.2) is 48.7 Å². The molecule has 0 atom stereocenters. The number of pyridine rings is 1. The summed E-state index contributed by atoms with van der Waals surface area (Å²) < 4.78 is 18.7. The number of hydrogen-bond donors (Lipinski definition) is 0. The zero-order chi connectivity index (χ0) is 18.0. The molecule has 0 spiro atoms. The number of halogens is 2. The maximum absolute atomic E-state index is 13.8. The molecule has 0 fully saturated rings. The number of carbonyl (C=O) groups excluding carboxylic acids is 1. The summed E-state index contributed by atoms with van der Waals surface area (Å²) in [5.74, 6) is -0.498. The summed E-state index contributed by atoms with van der Waals surface area (Å²) in [5, 5.41) is 1.26. The first-order chi connectivity index (χ1) is 12.0. The third-order valence-electron chi connectivity index (χ3n) is 3.93. The van der Waals surface area contributed by atoms with E-state index in [1.807, 2.05) is 6.07 Å². The fourth-order valence-corrected chi connectivity index (χ4v) is 2.89. The fourth-order valence-electron chi connectivity index (χ4n) is 2.67. The molecule has 0 unspecified atom stereocenters. The van der Waals surface area contributed by atoms with Crippen LogP contribution in [0.4, 0.5) is 4.39 Å². The van der Waals surface area contributed by atoms with Crippen molar-refractivity contribution in [3.63, 3.8) is 0 Å². The Morgan fingerprint density at radius 2 is 2.08 bits per heavy atom. The highest BCUT2D eigenvalue weighted by molar-refractivity contribution is 6.36. The van der Waals surface area contributed by atoms with E-state index in [1.165, 1.54) is 18.1 Å². The van der Waals surface area contributed by atoms with Crippen molar-refractivity contribution in [1.82, 2.24) is 9.88 Å². The SMILES string of the molecule is COc1ccc(CN(C)C(=O)c2ccc(Cl)c3cccnc23)cc1F. The van der Waals surface area contributed by atoms with Crippen molar-refractivity contribution in [2.24, 2.45) is 0 Å². The quantitative estimate of drug-likeness (QED) is 0.698. The van der Waals surface area contributed by atoms with Crippen molar-refractivity contribution in [3.8, 4) is 5.75 Å². The van der Waals surface area contributed by atoms with Gasteiger partial charge < -0.3 is 9.64 Å². The highest BCUT2D eigenvalue weighted by atomic mass is 35.5. The molecule has 0 N–H and O–H groups in total. The molecule has 3 rings (SSSR count). The number of ether oxygens (including phenoxy) is 1. The second-order valence-corrected chi connectivity index (χ2v) is 6.03. The molecule has 1 aromatic heterocycles. The number of aromatic nitrogens is 1. The predicted octanol–water partition coefficient (Wildman–Crippen LogP) is 4.31. The van der Waals surface area contributed by atoms with Crippen LogP contribution in [0.1, 0.15) is 15.9 Å². The number of carbonyl (C=O) groups is 1. The van der Waals surface area contributed by atoms with E-state index in [4.69, 9.17) is 16.3 Å². The summed E-state index contributed by atoms with van der Waals surface area (Å²) >= 11 is 6.17. The first-order valence-electron chi connectivity index (χ1n) is 7.62. The first-order valence-corrected chi connectivity index (χ1v) is 8.00. The molecule has 0 radical (unpaired) electrons. The summed E-state index contributed by atoms with van der Waals surface area (Å²) in [6, 6.07) is 11.6. The van der Waals surface area contributed by atoms with Crippen molar-refractivity contribution in [1.29, 1.82) is 0 Å². The average Bonchev–Trinajstić information content (AvgIpc) is 2.62. The van der Waals surface area contributed by atoms with Gasteiger partial charge in [-0.2, -0.15) is 0 Å². The third-order valence-corrected chi connectivity index (χ3v) is 4.26. The topological polar surface area (TPSA) is 42.4 Å². The Bertz CT molecular complexity index is 946. The molecule has 0 aliphatic carbocycles. The van der Waals surface area contributed by atoms with Crippen LogP contribution in [0, 0.1) is 5.82 Å². The molecular formula is C19H16ClFN2O2. The van der Waals surface area contributed by atoms with Crippen LogP contribution in [-0.4, -0.2) is 29.9 Å². The number of fused-ring (bicyclic) bond motifs is 1. The molecule has 6 heteroatoms. The molecule has 25 heavy (non-hydrogen) atoms. The van der Waals surface area contributed by atoms with Gasteiger partial charge in [-0.3, -0.25) is 9.78 Å². The number of benzene rings is 2. The molecule has 3 aromatic rings. The van der Waals surface area contributed by atoms with E-state index in [1.54, 1.807) is 43.6 Å². The second-order valence-electron chi connectivity index (χ2n) is 5.62. The van der Waals surface area contributed by atoms with Gasteiger partial charge in [0.1, 0.15) is 0 Å². The summed E-state index contributed by atoms with van der Waals surface area (Å²) in [6.45, 7) is 0.261. The minimum absolute atomic E-state index is 0.172. The zero-order valence-electron chi connectivity index (χ0n) is 13.8. The van der Waals surface area contributed by atoms with Gasteiger partial charge in [0.15, 0.2) is 11.6 Å². The van der Waals surface area contributed by atoms with Crippen molar-refractivity contribution >= 4 is 28.4 Å². The van der Waals surface area contributed by atoms with Crippen LogP contribution in [0.25, 0.3) is 10.9 Å². The Kier molecular flexibility index (Phi) is 4.86. The van der Waals surface area contributed by atoms with Gasteiger partial charge in [-0.25, -0.2) is 4.39 Å². The minimum atomic E-state index is -0.459. The Labute approximate surface area is 149 Å². The number of amides is 1. The number of rotatable bonds is 4. The monoisotopic (exact) mass is 358 g/mol. The van der Waals surface area contributed by atoms with E-state index in [0.29, 0.717) is 21.7 Å². The molecule has 128 valence electrons. The summed E-state index contributed by atoms with van der Waals surface area (Å²) in [7, 11) is 3.07. The van der Waals surface area contributed by atoms with Crippen molar-refractivity contribution in [3.05, 3.63) is 70.6 Å². The first kappa shape index (κ1) is 17.2. The molecule has 1 heterocycles. The number of methoxy groups -OCH3 is 1. The van der Waals surface area contributed by atoms with Crippen LogP contribution in [0.5, 0.6) is 5.75 Å². The lowest BCUT2D eigenvalue weighted by atomic mass is 10.1. The van der Waals surface area contributed by atoms with Gasteiger partial charge in [0.05, 0.1) is 23.2 Å². The normalized spacial score (nSPS) is 10.7. The van der Waals surface area contributed by atoms with E-state index in [2.05, 4.69) is 4.98 Å². The Morgan fingerprint density at radius 3 is 2.80 bits per heavy atom. The van der Waals surface area contributed by atoms with Crippen LogP contribution in [0.2, 0.25) is 5.02 Å². The summed E-state index contributed by atoms with van der Waals surface area (Å²) in [4.78, 5) is 18.6. The van der Waals surface area contributed by atoms with Gasteiger partial charge in [0.25, 0.3) is 5.91 Å².